The number of oxazole rings is 1. The van der Waals surface area contributed by atoms with Crippen molar-refractivity contribution < 1.29 is 27.8 Å². The van der Waals surface area contributed by atoms with Crippen molar-refractivity contribution in [2.75, 3.05) is 19.1 Å². The highest BCUT2D eigenvalue weighted by Gasteiger charge is 2.37. The number of ether oxygens (including phenoxy) is 3. The number of aryl methyl sites for hydroxylation is 1. The monoisotopic (exact) mass is 476 g/mol. The second-order valence-corrected chi connectivity index (χ2v) is 8.49. The molecule has 180 valence electrons. The van der Waals surface area contributed by atoms with E-state index in [1.54, 1.807) is 18.1 Å². The van der Waals surface area contributed by atoms with Gasteiger partial charge >= 0.3 is 5.97 Å². The predicted octanol–water partition coefficient (Wildman–Crippen LogP) is 4.97. The molecule has 2 heterocycles. The van der Waals surface area contributed by atoms with Crippen molar-refractivity contribution in [1.29, 1.82) is 0 Å². The highest BCUT2D eigenvalue weighted by atomic mass is 19.1. The summed E-state index contributed by atoms with van der Waals surface area (Å²) < 4.78 is 36.4. The van der Waals surface area contributed by atoms with Gasteiger partial charge in [-0.2, -0.15) is 4.98 Å². The quantitative estimate of drug-likeness (QED) is 0.364. The summed E-state index contributed by atoms with van der Waals surface area (Å²) in [6, 6.07) is 15.6. The van der Waals surface area contributed by atoms with Crippen molar-refractivity contribution in [3.8, 4) is 11.5 Å². The first-order chi connectivity index (χ1) is 17.0. The number of carbonyl (C=O) groups excluding carboxylic acids is 1. The second kappa shape index (κ2) is 9.29. The van der Waals surface area contributed by atoms with Crippen LogP contribution >= 0.6 is 0 Å². The molecule has 8 heteroatoms. The lowest BCUT2D eigenvalue weighted by Gasteiger charge is -2.35. The fourth-order valence-corrected chi connectivity index (χ4v) is 4.33. The zero-order chi connectivity index (χ0) is 24.5. The Balaban J connectivity index is 1.52. The van der Waals surface area contributed by atoms with Gasteiger partial charge in [0.15, 0.2) is 17.1 Å². The summed E-state index contributed by atoms with van der Waals surface area (Å²) >= 11 is 0. The van der Waals surface area contributed by atoms with Crippen molar-refractivity contribution in [1.82, 2.24) is 4.98 Å². The molecule has 0 saturated carbocycles. The van der Waals surface area contributed by atoms with Crippen LogP contribution in [0.1, 0.15) is 22.3 Å². The van der Waals surface area contributed by atoms with Gasteiger partial charge in [0.2, 0.25) is 0 Å². The van der Waals surface area contributed by atoms with E-state index in [2.05, 4.69) is 4.98 Å². The van der Waals surface area contributed by atoms with Gasteiger partial charge < -0.3 is 23.5 Å². The molecule has 5 rings (SSSR count). The van der Waals surface area contributed by atoms with Crippen molar-refractivity contribution in [2.24, 2.45) is 0 Å². The molecule has 1 atom stereocenters. The van der Waals surface area contributed by atoms with Crippen LogP contribution in [0.25, 0.3) is 11.1 Å². The third kappa shape index (κ3) is 4.39. The van der Waals surface area contributed by atoms with Gasteiger partial charge in [0.25, 0.3) is 6.01 Å². The molecule has 4 aromatic rings. The fourth-order valence-electron chi connectivity index (χ4n) is 4.33. The van der Waals surface area contributed by atoms with E-state index >= 15 is 0 Å². The lowest BCUT2D eigenvalue weighted by molar-refractivity contribution is -0.142. The first kappa shape index (κ1) is 22.7. The minimum Gasteiger partial charge on any atom is -0.493 e. The molecule has 0 unspecified atom stereocenters. The van der Waals surface area contributed by atoms with Gasteiger partial charge in [-0.3, -0.25) is 0 Å². The van der Waals surface area contributed by atoms with Crippen LogP contribution in [0.15, 0.2) is 59.0 Å². The molecule has 0 spiro atoms. The highest BCUT2D eigenvalue weighted by Crippen LogP contribution is 2.40. The lowest BCUT2D eigenvalue weighted by Crippen LogP contribution is -2.46. The van der Waals surface area contributed by atoms with E-state index in [1.807, 2.05) is 43.3 Å². The smallest absolute Gasteiger partial charge is 0.329 e. The number of hydrogen-bond acceptors (Lipinski definition) is 7. The molecule has 0 amide bonds. The number of aromatic nitrogens is 1. The minimum atomic E-state index is -0.709. The average molecular weight is 477 g/mol. The highest BCUT2D eigenvalue weighted by molar-refractivity contribution is 5.82. The van der Waals surface area contributed by atoms with Gasteiger partial charge in [-0.05, 0) is 36.2 Å². The molecule has 1 aliphatic rings. The maximum atomic E-state index is 13.7. The summed E-state index contributed by atoms with van der Waals surface area (Å²) in [6.07, 6.45) is 0.301. The molecule has 0 fully saturated rings. The normalized spacial score (nSPS) is 15.1. The lowest BCUT2D eigenvalue weighted by atomic mass is 9.92. The van der Waals surface area contributed by atoms with E-state index in [1.165, 1.54) is 24.8 Å². The van der Waals surface area contributed by atoms with E-state index in [9.17, 15) is 9.18 Å². The SMILES string of the molecule is COC(=O)[C@@H]1Cc2c(ccc(OC)c2OCc2ccc(C)cc2)CN1c1nc2ccc(F)cc2o1. The van der Waals surface area contributed by atoms with Crippen molar-refractivity contribution >= 4 is 23.1 Å². The Morgan fingerprint density at radius 1 is 1.14 bits per heavy atom. The third-order valence-electron chi connectivity index (χ3n) is 6.22. The molecular formula is C27H25FN2O5. The Morgan fingerprint density at radius 3 is 2.69 bits per heavy atom. The zero-order valence-electron chi connectivity index (χ0n) is 19.7. The van der Waals surface area contributed by atoms with Gasteiger partial charge in [-0.25, -0.2) is 9.18 Å². The van der Waals surface area contributed by atoms with Gasteiger partial charge in [-0.1, -0.05) is 35.9 Å². The maximum absolute atomic E-state index is 13.7. The number of halogens is 1. The van der Waals surface area contributed by atoms with Gasteiger partial charge in [0.1, 0.15) is 24.0 Å². The van der Waals surface area contributed by atoms with E-state index < -0.39 is 17.8 Å². The average Bonchev–Trinajstić information content (AvgIpc) is 3.30. The predicted molar refractivity (Wildman–Crippen MR) is 128 cm³/mol. The number of benzene rings is 3. The Hall–Kier alpha value is -4.07. The molecular weight excluding hydrogens is 451 g/mol. The Labute approximate surface area is 202 Å². The van der Waals surface area contributed by atoms with E-state index in [0.717, 1.165) is 16.7 Å². The first-order valence-corrected chi connectivity index (χ1v) is 11.2. The van der Waals surface area contributed by atoms with Crippen LogP contribution in [0.3, 0.4) is 0 Å². The minimum absolute atomic E-state index is 0.226. The van der Waals surface area contributed by atoms with Crippen LogP contribution in [0.4, 0.5) is 10.4 Å². The Bertz CT molecular complexity index is 1380. The number of anilines is 1. The summed E-state index contributed by atoms with van der Waals surface area (Å²) in [4.78, 5) is 19.1. The summed E-state index contributed by atoms with van der Waals surface area (Å²) in [5.41, 5.74) is 4.82. The van der Waals surface area contributed by atoms with Crippen LogP contribution in [0, 0.1) is 12.7 Å². The van der Waals surface area contributed by atoms with E-state index in [4.69, 9.17) is 18.6 Å². The van der Waals surface area contributed by atoms with Gasteiger partial charge in [0, 0.05) is 24.6 Å². The Kier molecular flexibility index (Phi) is 6.03. The standard InChI is InChI=1S/C27H25FN2O5/c1-16-4-6-17(7-5-16)15-34-25-20-13-22(26(31)33-3)30(14-18(20)8-11-23(25)32-2)27-29-21-10-9-19(28)12-24(21)35-27/h4-12,22H,13-15H2,1-3H3/t22-/m0/s1. The molecule has 0 bridgehead atoms. The summed E-state index contributed by atoms with van der Waals surface area (Å²) in [5, 5.41) is 0. The van der Waals surface area contributed by atoms with Gasteiger partial charge in [0.05, 0.1) is 14.2 Å². The molecule has 1 aromatic heterocycles. The number of methoxy groups -OCH3 is 2. The van der Waals surface area contributed by atoms with Gasteiger partial charge in [-0.15, -0.1) is 0 Å². The molecule has 7 nitrogen and oxygen atoms in total. The molecule has 0 N–H and O–H groups in total. The second-order valence-electron chi connectivity index (χ2n) is 8.49. The van der Waals surface area contributed by atoms with Crippen LogP contribution in [-0.4, -0.2) is 31.2 Å². The van der Waals surface area contributed by atoms with Crippen LogP contribution in [-0.2, 0) is 29.1 Å². The molecule has 3 aromatic carbocycles. The number of hydrogen-bond donors (Lipinski definition) is 0. The van der Waals surface area contributed by atoms with Crippen molar-refractivity contribution in [3.63, 3.8) is 0 Å². The van der Waals surface area contributed by atoms with Crippen molar-refractivity contribution in [3.05, 3.63) is 82.7 Å². The summed E-state index contributed by atoms with van der Waals surface area (Å²) in [7, 11) is 2.93. The Morgan fingerprint density at radius 2 is 1.94 bits per heavy atom. The molecule has 0 radical (unpaired) electrons. The molecule has 0 aliphatic carbocycles. The maximum Gasteiger partial charge on any atom is 0.329 e. The number of carbonyl (C=O) groups is 1. The largest absolute Gasteiger partial charge is 0.493 e. The third-order valence-corrected chi connectivity index (χ3v) is 6.22. The number of fused-ring (bicyclic) bond motifs is 2. The van der Waals surface area contributed by atoms with Crippen LogP contribution in [0.2, 0.25) is 0 Å². The molecule has 0 saturated heterocycles. The molecule has 35 heavy (non-hydrogen) atoms. The number of esters is 1. The summed E-state index contributed by atoms with van der Waals surface area (Å²) in [5.74, 6) is 0.330. The summed E-state index contributed by atoms with van der Waals surface area (Å²) in [6.45, 7) is 2.72. The number of nitrogens with zero attached hydrogens (tertiary/aromatic N) is 2. The van der Waals surface area contributed by atoms with E-state index in [0.29, 0.717) is 42.2 Å². The molecule has 1 aliphatic heterocycles. The van der Waals surface area contributed by atoms with Crippen LogP contribution < -0.4 is 14.4 Å². The van der Waals surface area contributed by atoms with Crippen LogP contribution in [0.5, 0.6) is 11.5 Å². The topological polar surface area (TPSA) is 74.0 Å². The zero-order valence-corrected chi connectivity index (χ0v) is 19.7. The van der Waals surface area contributed by atoms with E-state index in [-0.39, 0.29) is 6.01 Å². The van der Waals surface area contributed by atoms with Crippen molar-refractivity contribution in [2.45, 2.75) is 32.5 Å². The number of rotatable bonds is 6. The fraction of sp³-hybridized carbons (Fsp3) is 0.259. The first-order valence-electron chi connectivity index (χ1n) is 11.2.